The van der Waals surface area contributed by atoms with Crippen LogP contribution < -0.4 is 5.32 Å². The van der Waals surface area contributed by atoms with Gasteiger partial charge in [0.2, 0.25) is 0 Å². The molecule has 2 aromatic heterocycles. The molecule has 7 nitrogen and oxygen atoms in total. The molecular weight excluding hydrogens is 256 g/mol. The topological polar surface area (TPSA) is 75.9 Å². The Morgan fingerprint density at radius 3 is 2.60 bits per heavy atom. The summed E-state index contributed by atoms with van der Waals surface area (Å²) in [5, 5.41) is 15.3. The molecule has 20 heavy (non-hydrogen) atoms. The van der Waals surface area contributed by atoms with Gasteiger partial charge in [-0.25, -0.2) is 0 Å². The highest BCUT2D eigenvalue weighted by atomic mass is 16.2. The summed E-state index contributed by atoms with van der Waals surface area (Å²) in [4.78, 5) is 13.1. The summed E-state index contributed by atoms with van der Waals surface area (Å²) in [6.07, 6.45) is 1.96. The van der Waals surface area contributed by atoms with Crippen molar-refractivity contribution >= 4 is 11.7 Å². The smallest absolute Gasteiger partial charge is 0.273 e. The van der Waals surface area contributed by atoms with Crippen LogP contribution in [0.4, 0.5) is 5.82 Å². The van der Waals surface area contributed by atoms with Crippen molar-refractivity contribution in [1.29, 1.82) is 0 Å². The third-order valence-corrected chi connectivity index (χ3v) is 2.86. The number of aromatic nitrogens is 4. The van der Waals surface area contributed by atoms with Gasteiger partial charge < -0.3 is 10.2 Å². The molecule has 0 aliphatic rings. The van der Waals surface area contributed by atoms with Crippen LogP contribution in [-0.4, -0.2) is 44.9 Å². The second-order valence-corrected chi connectivity index (χ2v) is 4.77. The predicted molar refractivity (Wildman–Crippen MR) is 75.3 cm³/mol. The molecule has 7 heteroatoms. The van der Waals surface area contributed by atoms with E-state index in [0.29, 0.717) is 18.1 Å². The summed E-state index contributed by atoms with van der Waals surface area (Å²) in [5.74, 6) is 0.468. The van der Waals surface area contributed by atoms with Crippen molar-refractivity contribution in [2.45, 2.75) is 13.5 Å². The average Bonchev–Trinajstić information content (AvgIpc) is 2.74. The van der Waals surface area contributed by atoms with E-state index in [1.165, 1.54) is 4.90 Å². The van der Waals surface area contributed by atoms with E-state index in [0.717, 1.165) is 11.3 Å². The fraction of sp³-hybridized carbons (Fsp3) is 0.385. The number of rotatable bonds is 4. The van der Waals surface area contributed by atoms with Gasteiger partial charge in [-0.3, -0.25) is 9.48 Å². The minimum absolute atomic E-state index is 0.160. The number of hydrogen-bond donors (Lipinski definition) is 1. The molecule has 2 heterocycles. The molecule has 0 aliphatic carbocycles. The Hall–Kier alpha value is -2.44. The van der Waals surface area contributed by atoms with Crippen molar-refractivity contribution in [3.8, 4) is 0 Å². The van der Waals surface area contributed by atoms with Gasteiger partial charge in [-0.1, -0.05) is 0 Å². The van der Waals surface area contributed by atoms with E-state index < -0.39 is 0 Å². The number of aryl methyl sites for hydroxylation is 2. The molecule has 0 radical (unpaired) electrons. The average molecular weight is 274 g/mol. The maximum atomic E-state index is 11.7. The molecule has 0 bridgehead atoms. The van der Waals surface area contributed by atoms with Crippen LogP contribution in [0.25, 0.3) is 0 Å². The molecule has 0 unspecified atom stereocenters. The van der Waals surface area contributed by atoms with E-state index in [2.05, 4.69) is 20.6 Å². The van der Waals surface area contributed by atoms with E-state index in [1.54, 1.807) is 30.9 Å². The van der Waals surface area contributed by atoms with Gasteiger partial charge in [0.1, 0.15) is 5.82 Å². The first-order valence-corrected chi connectivity index (χ1v) is 6.25. The third kappa shape index (κ3) is 3.11. The van der Waals surface area contributed by atoms with E-state index in [1.807, 2.05) is 20.2 Å². The normalized spacial score (nSPS) is 10.4. The fourth-order valence-corrected chi connectivity index (χ4v) is 1.78. The van der Waals surface area contributed by atoms with Crippen LogP contribution in [0.1, 0.15) is 21.7 Å². The van der Waals surface area contributed by atoms with Crippen LogP contribution >= 0.6 is 0 Å². The minimum Gasteiger partial charge on any atom is -0.364 e. The van der Waals surface area contributed by atoms with Crippen molar-refractivity contribution in [3.63, 3.8) is 0 Å². The van der Waals surface area contributed by atoms with Crippen molar-refractivity contribution in [3.05, 3.63) is 35.3 Å². The van der Waals surface area contributed by atoms with Gasteiger partial charge in [0.25, 0.3) is 5.91 Å². The lowest BCUT2D eigenvalue weighted by molar-refractivity contribution is 0.0821. The van der Waals surface area contributed by atoms with Crippen LogP contribution in [-0.2, 0) is 13.6 Å². The van der Waals surface area contributed by atoms with Crippen LogP contribution in [0, 0.1) is 6.92 Å². The Morgan fingerprint density at radius 2 is 2.10 bits per heavy atom. The maximum absolute atomic E-state index is 11.7. The Bertz CT molecular complexity index is 602. The number of hydrogen-bond acceptors (Lipinski definition) is 5. The molecule has 0 saturated carbocycles. The summed E-state index contributed by atoms with van der Waals surface area (Å²) in [6.45, 7) is 2.58. The number of amides is 1. The quantitative estimate of drug-likeness (QED) is 0.893. The zero-order valence-corrected chi connectivity index (χ0v) is 12.1. The van der Waals surface area contributed by atoms with Crippen molar-refractivity contribution in [1.82, 2.24) is 24.9 Å². The van der Waals surface area contributed by atoms with Gasteiger partial charge in [0, 0.05) is 39.4 Å². The maximum Gasteiger partial charge on any atom is 0.273 e. The SMILES string of the molecule is Cc1nn(C)cc1CNc1ccc(C(=O)N(C)C)nn1. The van der Waals surface area contributed by atoms with Crippen LogP contribution in [0.3, 0.4) is 0 Å². The highest BCUT2D eigenvalue weighted by Gasteiger charge is 2.10. The first-order chi connectivity index (χ1) is 9.47. The first-order valence-electron chi connectivity index (χ1n) is 6.25. The fourth-order valence-electron chi connectivity index (χ4n) is 1.78. The summed E-state index contributed by atoms with van der Waals surface area (Å²) >= 11 is 0. The second-order valence-electron chi connectivity index (χ2n) is 4.77. The molecule has 0 spiro atoms. The van der Waals surface area contributed by atoms with Gasteiger partial charge in [-0.15, -0.1) is 10.2 Å². The molecule has 0 fully saturated rings. The highest BCUT2D eigenvalue weighted by molar-refractivity contribution is 5.91. The van der Waals surface area contributed by atoms with E-state index in [9.17, 15) is 4.79 Å². The zero-order valence-electron chi connectivity index (χ0n) is 12.1. The lowest BCUT2D eigenvalue weighted by Gasteiger charge is -2.09. The number of carbonyl (C=O) groups is 1. The van der Waals surface area contributed by atoms with E-state index >= 15 is 0 Å². The van der Waals surface area contributed by atoms with Gasteiger partial charge in [0.15, 0.2) is 5.69 Å². The molecule has 1 amide bonds. The Morgan fingerprint density at radius 1 is 1.35 bits per heavy atom. The molecule has 0 saturated heterocycles. The molecule has 1 N–H and O–H groups in total. The lowest BCUT2D eigenvalue weighted by atomic mass is 10.2. The molecule has 0 aromatic carbocycles. The third-order valence-electron chi connectivity index (χ3n) is 2.86. The van der Waals surface area contributed by atoms with Crippen LogP contribution in [0.5, 0.6) is 0 Å². The molecule has 106 valence electrons. The number of carbonyl (C=O) groups excluding carboxylic acids is 1. The van der Waals surface area contributed by atoms with Crippen molar-refractivity contribution in [2.24, 2.45) is 7.05 Å². The van der Waals surface area contributed by atoms with Crippen LogP contribution in [0.15, 0.2) is 18.3 Å². The summed E-state index contributed by atoms with van der Waals surface area (Å²) < 4.78 is 1.77. The number of anilines is 1. The Labute approximate surface area is 117 Å². The van der Waals surface area contributed by atoms with Crippen molar-refractivity contribution < 1.29 is 4.79 Å². The molecule has 0 atom stereocenters. The Kier molecular flexibility index (Phi) is 3.97. The summed E-state index contributed by atoms with van der Waals surface area (Å²) in [5.41, 5.74) is 2.41. The van der Waals surface area contributed by atoms with E-state index in [4.69, 9.17) is 0 Å². The molecular formula is C13H18N6O. The number of nitrogens with zero attached hydrogens (tertiary/aromatic N) is 5. The Balaban J connectivity index is 2.01. The summed E-state index contributed by atoms with van der Waals surface area (Å²) in [6, 6.07) is 3.41. The molecule has 2 rings (SSSR count). The van der Waals surface area contributed by atoms with Gasteiger partial charge in [-0.05, 0) is 19.1 Å². The lowest BCUT2D eigenvalue weighted by Crippen LogP contribution is -2.23. The van der Waals surface area contributed by atoms with Gasteiger partial charge in [-0.2, -0.15) is 5.10 Å². The van der Waals surface area contributed by atoms with Gasteiger partial charge in [0.05, 0.1) is 5.69 Å². The van der Waals surface area contributed by atoms with Gasteiger partial charge >= 0.3 is 0 Å². The highest BCUT2D eigenvalue weighted by Crippen LogP contribution is 2.09. The molecule has 2 aromatic rings. The van der Waals surface area contributed by atoms with E-state index in [-0.39, 0.29) is 5.91 Å². The predicted octanol–water partition coefficient (Wildman–Crippen LogP) is 0.832. The second kappa shape index (κ2) is 5.68. The summed E-state index contributed by atoms with van der Waals surface area (Å²) in [7, 11) is 5.25. The molecule has 0 aliphatic heterocycles. The van der Waals surface area contributed by atoms with Crippen molar-refractivity contribution in [2.75, 3.05) is 19.4 Å². The monoisotopic (exact) mass is 274 g/mol. The zero-order chi connectivity index (χ0) is 14.7. The van der Waals surface area contributed by atoms with Crippen LogP contribution in [0.2, 0.25) is 0 Å². The minimum atomic E-state index is -0.160. The largest absolute Gasteiger partial charge is 0.364 e. The first kappa shape index (κ1) is 14.0. The number of nitrogens with one attached hydrogen (secondary N) is 1. The standard InChI is InChI=1S/C13H18N6O/c1-9-10(8-19(4)17-9)7-14-12-6-5-11(15-16-12)13(20)18(2)3/h5-6,8H,7H2,1-4H3,(H,14,16).